The van der Waals surface area contributed by atoms with E-state index in [4.69, 9.17) is 0 Å². The van der Waals surface area contributed by atoms with Crippen LogP contribution in [-0.2, 0) is 11.8 Å². The standard InChI is InChI=1S/C11H16BrN/c1-4-10-9(7-12)5-6-11(13-10)8(2)3/h5-6,8H,4,7H2,1-3H3. The molecule has 2 heteroatoms. The Kier molecular flexibility index (Phi) is 3.91. The van der Waals surface area contributed by atoms with E-state index in [1.165, 1.54) is 17.0 Å². The summed E-state index contributed by atoms with van der Waals surface area (Å²) in [4.78, 5) is 4.63. The smallest absolute Gasteiger partial charge is 0.0444 e. The van der Waals surface area contributed by atoms with Crippen molar-refractivity contribution in [2.24, 2.45) is 0 Å². The van der Waals surface area contributed by atoms with Crippen molar-refractivity contribution in [1.29, 1.82) is 0 Å². The number of pyridine rings is 1. The van der Waals surface area contributed by atoms with E-state index < -0.39 is 0 Å². The van der Waals surface area contributed by atoms with E-state index >= 15 is 0 Å². The first kappa shape index (κ1) is 10.7. The first-order valence-corrected chi connectivity index (χ1v) is 5.85. The summed E-state index contributed by atoms with van der Waals surface area (Å²) in [6.07, 6.45) is 1.02. The number of nitrogens with zero attached hydrogens (tertiary/aromatic N) is 1. The van der Waals surface area contributed by atoms with Crippen molar-refractivity contribution >= 4 is 15.9 Å². The Bertz CT molecular complexity index is 281. The van der Waals surface area contributed by atoms with Gasteiger partial charge in [-0.1, -0.05) is 42.8 Å². The Morgan fingerprint density at radius 2 is 2.08 bits per heavy atom. The summed E-state index contributed by atoms with van der Waals surface area (Å²) in [5.41, 5.74) is 3.73. The minimum Gasteiger partial charge on any atom is -0.257 e. The van der Waals surface area contributed by atoms with Crippen molar-refractivity contribution < 1.29 is 0 Å². The molecule has 1 aromatic heterocycles. The van der Waals surface area contributed by atoms with Gasteiger partial charge in [0.15, 0.2) is 0 Å². The molecule has 0 spiro atoms. The fourth-order valence-corrected chi connectivity index (χ4v) is 1.81. The highest BCUT2D eigenvalue weighted by atomic mass is 79.9. The average Bonchev–Trinajstić information content (AvgIpc) is 2.16. The quantitative estimate of drug-likeness (QED) is 0.737. The van der Waals surface area contributed by atoms with Gasteiger partial charge in [0.1, 0.15) is 0 Å². The molecule has 1 nitrogen and oxygen atoms in total. The predicted molar refractivity (Wildman–Crippen MR) is 60.3 cm³/mol. The number of rotatable bonds is 3. The monoisotopic (exact) mass is 241 g/mol. The van der Waals surface area contributed by atoms with E-state index in [9.17, 15) is 0 Å². The maximum Gasteiger partial charge on any atom is 0.0444 e. The molecule has 1 aromatic rings. The van der Waals surface area contributed by atoms with Gasteiger partial charge in [0, 0.05) is 16.7 Å². The molecule has 72 valence electrons. The number of halogens is 1. The molecule has 13 heavy (non-hydrogen) atoms. The van der Waals surface area contributed by atoms with Crippen molar-refractivity contribution in [3.63, 3.8) is 0 Å². The maximum absolute atomic E-state index is 4.63. The van der Waals surface area contributed by atoms with E-state index in [0.29, 0.717) is 5.92 Å². The van der Waals surface area contributed by atoms with Crippen LogP contribution in [0.5, 0.6) is 0 Å². The molecule has 0 aliphatic carbocycles. The van der Waals surface area contributed by atoms with Crippen LogP contribution < -0.4 is 0 Å². The van der Waals surface area contributed by atoms with Gasteiger partial charge in [0.25, 0.3) is 0 Å². The Balaban J connectivity index is 3.05. The minimum atomic E-state index is 0.523. The zero-order chi connectivity index (χ0) is 9.84. The molecule has 0 N–H and O–H groups in total. The van der Waals surface area contributed by atoms with E-state index in [1.807, 2.05) is 0 Å². The van der Waals surface area contributed by atoms with Crippen LogP contribution in [0, 0.1) is 0 Å². The lowest BCUT2D eigenvalue weighted by Gasteiger charge is -2.09. The lowest BCUT2D eigenvalue weighted by molar-refractivity contribution is 0.802. The van der Waals surface area contributed by atoms with Gasteiger partial charge >= 0.3 is 0 Å². The van der Waals surface area contributed by atoms with E-state index in [2.05, 4.69) is 53.8 Å². The summed E-state index contributed by atoms with van der Waals surface area (Å²) in [7, 11) is 0. The van der Waals surface area contributed by atoms with Crippen LogP contribution in [0.15, 0.2) is 12.1 Å². The molecule has 1 heterocycles. The molecule has 0 atom stereocenters. The van der Waals surface area contributed by atoms with E-state index in [-0.39, 0.29) is 0 Å². The Morgan fingerprint density at radius 1 is 1.38 bits per heavy atom. The van der Waals surface area contributed by atoms with Crippen LogP contribution in [0.4, 0.5) is 0 Å². The normalized spacial score (nSPS) is 10.8. The third kappa shape index (κ3) is 2.53. The molecule has 0 saturated heterocycles. The summed E-state index contributed by atoms with van der Waals surface area (Å²) >= 11 is 3.47. The van der Waals surface area contributed by atoms with Crippen molar-refractivity contribution in [3.8, 4) is 0 Å². The molecule has 0 saturated carbocycles. The van der Waals surface area contributed by atoms with Gasteiger partial charge in [-0.25, -0.2) is 0 Å². The third-order valence-corrected chi connectivity index (χ3v) is 2.76. The van der Waals surface area contributed by atoms with Crippen molar-refractivity contribution in [2.45, 2.75) is 38.4 Å². The summed E-state index contributed by atoms with van der Waals surface area (Å²) in [5, 5.41) is 0.904. The van der Waals surface area contributed by atoms with Crippen LogP contribution >= 0.6 is 15.9 Å². The molecule has 0 aliphatic rings. The lowest BCUT2D eigenvalue weighted by atomic mass is 10.1. The summed E-state index contributed by atoms with van der Waals surface area (Å²) < 4.78 is 0. The molecule has 0 unspecified atom stereocenters. The third-order valence-electron chi connectivity index (χ3n) is 2.16. The van der Waals surface area contributed by atoms with E-state index in [0.717, 1.165) is 11.8 Å². The largest absolute Gasteiger partial charge is 0.257 e. The SMILES string of the molecule is CCc1nc(C(C)C)ccc1CBr. The number of aromatic nitrogens is 1. The average molecular weight is 242 g/mol. The second kappa shape index (κ2) is 4.75. The first-order valence-electron chi connectivity index (χ1n) is 4.73. The molecule has 0 aliphatic heterocycles. The fraction of sp³-hybridized carbons (Fsp3) is 0.545. The lowest BCUT2D eigenvalue weighted by Crippen LogP contribution is -2.00. The second-order valence-corrected chi connectivity index (χ2v) is 4.04. The van der Waals surface area contributed by atoms with Gasteiger partial charge in [-0.05, 0) is 24.0 Å². The Hall–Kier alpha value is -0.370. The number of hydrogen-bond donors (Lipinski definition) is 0. The van der Waals surface area contributed by atoms with Gasteiger partial charge in [-0.2, -0.15) is 0 Å². The number of alkyl halides is 1. The van der Waals surface area contributed by atoms with Gasteiger partial charge in [-0.3, -0.25) is 4.98 Å². The van der Waals surface area contributed by atoms with Crippen molar-refractivity contribution in [2.75, 3.05) is 0 Å². The van der Waals surface area contributed by atoms with Crippen LogP contribution in [-0.4, -0.2) is 4.98 Å². The molecule has 0 bridgehead atoms. The van der Waals surface area contributed by atoms with Crippen LogP contribution in [0.1, 0.15) is 43.6 Å². The molecule has 0 radical (unpaired) electrons. The van der Waals surface area contributed by atoms with Crippen LogP contribution in [0.25, 0.3) is 0 Å². The Labute approximate surface area is 88.7 Å². The number of aryl methyl sites for hydroxylation is 1. The topological polar surface area (TPSA) is 12.9 Å². The van der Waals surface area contributed by atoms with Crippen molar-refractivity contribution in [1.82, 2.24) is 4.98 Å². The fourth-order valence-electron chi connectivity index (χ4n) is 1.30. The van der Waals surface area contributed by atoms with Gasteiger partial charge in [0.05, 0.1) is 0 Å². The van der Waals surface area contributed by atoms with Crippen molar-refractivity contribution in [3.05, 3.63) is 29.1 Å². The van der Waals surface area contributed by atoms with Gasteiger partial charge in [-0.15, -0.1) is 0 Å². The zero-order valence-electron chi connectivity index (χ0n) is 8.47. The summed E-state index contributed by atoms with van der Waals surface area (Å²) in [5.74, 6) is 0.523. The van der Waals surface area contributed by atoms with Crippen LogP contribution in [0.2, 0.25) is 0 Å². The summed E-state index contributed by atoms with van der Waals surface area (Å²) in [6.45, 7) is 6.50. The highest BCUT2D eigenvalue weighted by Crippen LogP contribution is 2.17. The first-order chi connectivity index (χ1) is 6.19. The number of hydrogen-bond acceptors (Lipinski definition) is 1. The van der Waals surface area contributed by atoms with Gasteiger partial charge in [0.2, 0.25) is 0 Å². The zero-order valence-corrected chi connectivity index (χ0v) is 10.1. The van der Waals surface area contributed by atoms with Gasteiger partial charge < -0.3 is 0 Å². The molecule has 0 fully saturated rings. The molecular weight excluding hydrogens is 226 g/mol. The Morgan fingerprint density at radius 3 is 2.54 bits per heavy atom. The molecular formula is C11H16BrN. The van der Waals surface area contributed by atoms with E-state index in [1.54, 1.807) is 0 Å². The highest BCUT2D eigenvalue weighted by molar-refractivity contribution is 9.08. The molecule has 0 aromatic carbocycles. The van der Waals surface area contributed by atoms with Crippen LogP contribution in [0.3, 0.4) is 0 Å². The highest BCUT2D eigenvalue weighted by Gasteiger charge is 2.05. The molecule has 0 amide bonds. The predicted octanol–water partition coefficient (Wildman–Crippen LogP) is 3.66. The summed E-state index contributed by atoms with van der Waals surface area (Å²) in [6, 6.07) is 4.30. The second-order valence-electron chi connectivity index (χ2n) is 3.48. The molecule has 1 rings (SSSR count). The maximum atomic E-state index is 4.63. The minimum absolute atomic E-state index is 0.523.